The Morgan fingerprint density at radius 2 is 1.90 bits per heavy atom. The van der Waals surface area contributed by atoms with Crippen molar-refractivity contribution in [2.45, 2.75) is 46.6 Å². The molecule has 1 rings (SSSR count). The van der Waals surface area contributed by atoms with Crippen molar-refractivity contribution in [2.75, 3.05) is 13.2 Å². The Morgan fingerprint density at radius 1 is 1.25 bits per heavy atom. The van der Waals surface area contributed by atoms with Crippen molar-refractivity contribution in [3.63, 3.8) is 0 Å². The lowest BCUT2D eigenvalue weighted by molar-refractivity contribution is -0.0325. The maximum absolute atomic E-state index is 11.9. The Balaban J connectivity index is 3.27. The molecule has 0 aliphatic carbocycles. The van der Waals surface area contributed by atoms with E-state index >= 15 is 0 Å². The molecular weight excluding hydrogens is 278 g/mol. The van der Waals surface area contributed by atoms with Gasteiger partial charge in [0.05, 0.1) is 6.61 Å². The first kappa shape index (κ1) is 16.8. The highest BCUT2D eigenvalue weighted by molar-refractivity contribution is 7.14. The Kier molecular flexibility index (Phi) is 5.83. The molecule has 1 atom stereocenters. The van der Waals surface area contributed by atoms with Crippen LogP contribution in [0.15, 0.2) is 0 Å². The van der Waals surface area contributed by atoms with Crippen LogP contribution in [0.4, 0.5) is 0 Å². The number of nitrogens with zero attached hydrogens (tertiary/aromatic N) is 1. The van der Waals surface area contributed by atoms with E-state index in [-0.39, 0.29) is 18.1 Å². The van der Waals surface area contributed by atoms with Gasteiger partial charge in [-0.15, -0.1) is 11.3 Å². The van der Waals surface area contributed by atoms with Crippen molar-refractivity contribution in [1.29, 1.82) is 0 Å². The number of Topliss-reactive ketones (excluding diaryl/α,β-unsaturated/α-hetero) is 1. The molecule has 0 aromatic carbocycles. The van der Waals surface area contributed by atoms with E-state index in [9.17, 15) is 9.59 Å². The van der Waals surface area contributed by atoms with Crippen molar-refractivity contribution in [3.8, 4) is 0 Å². The van der Waals surface area contributed by atoms with Crippen LogP contribution < -0.4 is 0 Å². The summed E-state index contributed by atoms with van der Waals surface area (Å²) in [6, 6.07) is 0. The lowest BCUT2D eigenvalue weighted by atomic mass is 10.0. The maximum atomic E-state index is 11.9. The highest BCUT2D eigenvalue weighted by Gasteiger charge is 2.33. The number of rotatable bonds is 7. The fourth-order valence-electron chi connectivity index (χ4n) is 1.76. The fraction of sp³-hybridized carbons (Fsp3) is 0.643. The number of carbonyl (C=O) groups is 2. The Bertz CT molecular complexity index is 497. The molecule has 0 saturated heterocycles. The van der Waals surface area contributed by atoms with E-state index < -0.39 is 11.6 Å². The number of ketones is 1. The monoisotopic (exact) mass is 299 g/mol. The largest absolute Gasteiger partial charge is 0.461 e. The summed E-state index contributed by atoms with van der Waals surface area (Å²) in [4.78, 5) is 28.2. The number of hydrogen-bond donors (Lipinski definition) is 0. The predicted molar refractivity (Wildman–Crippen MR) is 77.3 cm³/mol. The Hall–Kier alpha value is -1.27. The highest BCUT2D eigenvalue weighted by Crippen LogP contribution is 2.34. The quantitative estimate of drug-likeness (QED) is 0.571. The van der Waals surface area contributed by atoms with Crippen LogP contribution in [-0.4, -0.2) is 30.0 Å². The molecule has 1 aromatic heterocycles. The third-order valence-electron chi connectivity index (χ3n) is 3.01. The molecule has 5 nitrogen and oxygen atoms in total. The van der Waals surface area contributed by atoms with E-state index in [2.05, 4.69) is 4.98 Å². The first-order valence-electron chi connectivity index (χ1n) is 6.72. The normalized spacial score (nSPS) is 13.8. The van der Waals surface area contributed by atoms with Gasteiger partial charge in [-0.1, -0.05) is 6.92 Å². The molecule has 0 fully saturated rings. The van der Waals surface area contributed by atoms with Crippen molar-refractivity contribution >= 4 is 23.1 Å². The zero-order valence-electron chi connectivity index (χ0n) is 12.6. The number of hydrogen-bond acceptors (Lipinski definition) is 6. The second-order valence-electron chi connectivity index (χ2n) is 4.49. The van der Waals surface area contributed by atoms with Gasteiger partial charge in [0.25, 0.3) is 0 Å². The van der Waals surface area contributed by atoms with E-state index in [4.69, 9.17) is 9.47 Å². The molecule has 0 N–H and O–H groups in total. The average molecular weight is 299 g/mol. The first-order valence-corrected chi connectivity index (χ1v) is 7.54. The summed E-state index contributed by atoms with van der Waals surface area (Å²) in [6.07, 6.45) is 0.702. The van der Waals surface area contributed by atoms with Gasteiger partial charge in [-0.2, -0.15) is 0 Å². The zero-order valence-corrected chi connectivity index (χ0v) is 13.4. The lowest BCUT2D eigenvalue weighted by Crippen LogP contribution is -2.25. The summed E-state index contributed by atoms with van der Waals surface area (Å²) in [6.45, 7) is 9.72. The van der Waals surface area contributed by atoms with Gasteiger partial charge in [-0.05, 0) is 27.2 Å². The van der Waals surface area contributed by atoms with Crippen LogP contribution in [0.3, 0.4) is 0 Å². The molecule has 20 heavy (non-hydrogen) atoms. The van der Waals surface area contributed by atoms with Gasteiger partial charge in [0, 0.05) is 13.5 Å². The minimum atomic E-state index is -0.589. The third kappa shape index (κ3) is 3.43. The summed E-state index contributed by atoms with van der Waals surface area (Å²) in [5.74, 6) is -0.748. The molecule has 1 heterocycles. The van der Waals surface area contributed by atoms with Crippen LogP contribution in [0.2, 0.25) is 0 Å². The van der Waals surface area contributed by atoms with Gasteiger partial charge in [0.1, 0.15) is 15.5 Å². The number of esters is 1. The van der Waals surface area contributed by atoms with Crippen LogP contribution in [0.1, 0.15) is 66.2 Å². The first-order chi connectivity index (χ1) is 9.39. The van der Waals surface area contributed by atoms with Gasteiger partial charge in [0.15, 0.2) is 11.5 Å². The topological polar surface area (TPSA) is 65.5 Å². The molecule has 1 unspecified atom stereocenters. The van der Waals surface area contributed by atoms with Crippen molar-refractivity contribution < 1.29 is 19.1 Å². The SMILES string of the molecule is CCOC(=O)c1nc(C(C)(CC)OCC)sc1C(C)=O. The summed E-state index contributed by atoms with van der Waals surface area (Å²) < 4.78 is 10.7. The summed E-state index contributed by atoms with van der Waals surface area (Å²) in [5.41, 5.74) is -0.493. The lowest BCUT2D eigenvalue weighted by Gasteiger charge is -2.25. The molecular formula is C14H21NO4S. The van der Waals surface area contributed by atoms with Crippen LogP contribution in [-0.2, 0) is 15.1 Å². The van der Waals surface area contributed by atoms with Gasteiger partial charge in [-0.3, -0.25) is 4.79 Å². The molecule has 0 amide bonds. The molecule has 0 aliphatic heterocycles. The molecule has 0 spiro atoms. The maximum Gasteiger partial charge on any atom is 0.358 e. The van der Waals surface area contributed by atoms with Crippen LogP contribution in [0.5, 0.6) is 0 Å². The molecule has 0 aliphatic rings. The van der Waals surface area contributed by atoms with E-state index in [1.807, 2.05) is 20.8 Å². The van der Waals surface area contributed by atoms with Gasteiger partial charge in [0.2, 0.25) is 0 Å². The van der Waals surface area contributed by atoms with Crippen LogP contribution in [0.25, 0.3) is 0 Å². The number of ether oxygens (including phenoxy) is 2. The Labute approximate surface area is 123 Å². The summed E-state index contributed by atoms with van der Waals surface area (Å²) in [7, 11) is 0. The van der Waals surface area contributed by atoms with E-state index in [0.717, 1.165) is 0 Å². The second-order valence-corrected chi connectivity index (χ2v) is 5.49. The van der Waals surface area contributed by atoms with Gasteiger partial charge < -0.3 is 9.47 Å². The minimum absolute atomic E-state index is 0.0960. The summed E-state index contributed by atoms with van der Waals surface area (Å²) in [5, 5.41) is 0.634. The molecule has 1 aromatic rings. The van der Waals surface area contributed by atoms with Crippen molar-refractivity contribution in [1.82, 2.24) is 4.98 Å². The number of aromatic nitrogens is 1. The van der Waals surface area contributed by atoms with Crippen molar-refractivity contribution in [3.05, 3.63) is 15.6 Å². The van der Waals surface area contributed by atoms with Gasteiger partial charge >= 0.3 is 5.97 Å². The van der Waals surface area contributed by atoms with Crippen LogP contribution in [0, 0.1) is 0 Å². The fourth-order valence-corrected chi connectivity index (χ4v) is 2.88. The van der Waals surface area contributed by atoms with Crippen LogP contribution >= 0.6 is 11.3 Å². The number of thiazole rings is 1. The number of carbonyl (C=O) groups excluding carboxylic acids is 2. The zero-order chi connectivity index (χ0) is 15.3. The van der Waals surface area contributed by atoms with E-state index in [1.54, 1.807) is 6.92 Å². The molecule has 0 radical (unpaired) electrons. The predicted octanol–water partition coefficient (Wildman–Crippen LogP) is 3.18. The third-order valence-corrected chi connectivity index (χ3v) is 4.41. The molecule has 6 heteroatoms. The minimum Gasteiger partial charge on any atom is -0.461 e. The highest BCUT2D eigenvalue weighted by atomic mass is 32.1. The van der Waals surface area contributed by atoms with Crippen molar-refractivity contribution in [2.24, 2.45) is 0 Å². The molecule has 112 valence electrons. The Morgan fingerprint density at radius 3 is 2.35 bits per heavy atom. The van der Waals surface area contributed by atoms with E-state index in [1.165, 1.54) is 18.3 Å². The average Bonchev–Trinajstić information content (AvgIpc) is 2.85. The second kappa shape index (κ2) is 6.95. The van der Waals surface area contributed by atoms with Gasteiger partial charge in [-0.25, -0.2) is 9.78 Å². The summed E-state index contributed by atoms with van der Waals surface area (Å²) >= 11 is 1.21. The van der Waals surface area contributed by atoms with E-state index in [0.29, 0.717) is 22.9 Å². The molecule has 0 bridgehead atoms. The molecule has 0 saturated carbocycles. The standard InChI is InChI=1S/C14H21NO4S/c1-6-14(5,19-8-3)13-15-10(12(17)18-7-2)11(20-13)9(4)16/h6-8H2,1-5H3. The smallest absolute Gasteiger partial charge is 0.358 e.